The van der Waals surface area contributed by atoms with E-state index in [1.807, 2.05) is 0 Å². The number of fused-ring (bicyclic) bond motifs is 1. The molecule has 3 rings (SSSR count). The fourth-order valence-corrected chi connectivity index (χ4v) is 3.38. The zero-order valence-corrected chi connectivity index (χ0v) is 12.3. The number of imidazole rings is 1. The molecule has 0 saturated heterocycles. The molecule has 1 saturated carbocycles. The van der Waals surface area contributed by atoms with Gasteiger partial charge >= 0.3 is 0 Å². The molecule has 19 heavy (non-hydrogen) atoms. The number of hydrogen-bond donors (Lipinski definition) is 0. The standard InChI is InChI=1S/C16H21ClN2/c1-12-6-7-14-15(10-12)19(16(18-14)8-9-17)11-13-4-2-3-5-13/h6-7,10,13H,2-5,8-9,11H2,1H3. The summed E-state index contributed by atoms with van der Waals surface area (Å²) in [5, 5.41) is 0. The summed E-state index contributed by atoms with van der Waals surface area (Å²) >= 11 is 5.93. The van der Waals surface area contributed by atoms with Crippen molar-refractivity contribution in [1.82, 2.24) is 9.55 Å². The fraction of sp³-hybridized carbons (Fsp3) is 0.562. The summed E-state index contributed by atoms with van der Waals surface area (Å²) in [6.07, 6.45) is 6.38. The molecule has 0 aliphatic heterocycles. The molecule has 1 aromatic heterocycles. The van der Waals surface area contributed by atoms with Crippen molar-refractivity contribution < 1.29 is 0 Å². The highest BCUT2D eigenvalue weighted by Crippen LogP contribution is 2.28. The van der Waals surface area contributed by atoms with Gasteiger partial charge < -0.3 is 4.57 Å². The minimum Gasteiger partial charge on any atom is -0.328 e. The van der Waals surface area contributed by atoms with E-state index in [9.17, 15) is 0 Å². The summed E-state index contributed by atoms with van der Waals surface area (Å²) in [4.78, 5) is 4.76. The first kappa shape index (κ1) is 13.0. The first-order valence-corrected chi connectivity index (χ1v) is 7.83. The zero-order chi connectivity index (χ0) is 13.2. The van der Waals surface area contributed by atoms with Gasteiger partial charge in [0.25, 0.3) is 0 Å². The highest BCUT2D eigenvalue weighted by atomic mass is 35.5. The van der Waals surface area contributed by atoms with E-state index in [0.717, 1.165) is 30.2 Å². The molecule has 2 nitrogen and oxygen atoms in total. The third-order valence-corrected chi connectivity index (χ3v) is 4.41. The molecular formula is C16H21ClN2. The molecule has 0 unspecified atom stereocenters. The highest BCUT2D eigenvalue weighted by Gasteiger charge is 2.19. The van der Waals surface area contributed by atoms with Crippen LogP contribution in [-0.4, -0.2) is 15.4 Å². The molecule has 0 N–H and O–H groups in total. The predicted molar refractivity (Wildman–Crippen MR) is 80.9 cm³/mol. The summed E-state index contributed by atoms with van der Waals surface area (Å²) in [5.74, 6) is 2.63. The van der Waals surface area contributed by atoms with Crippen LogP contribution in [0.4, 0.5) is 0 Å². The smallest absolute Gasteiger partial charge is 0.111 e. The van der Waals surface area contributed by atoms with E-state index in [-0.39, 0.29) is 0 Å². The summed E-state index contributed by atoms with van der Waals surface area (Å²) in [6.45, 7) is 3.26. The third-order valence-electron chi connectivity index (χ3n) is 4.22. The second-order valence-electron chi connectivity index (χ2n) is 5.72. The Kier molecular flexibility index (Phi) is 3.79. The van der Waals surface area contributed by atoms with Gasteiger partial charge in [-0.3, -0.25) is 0 Å². The van der Waals surface area contributed by atoms with E-state index in [1.54, 1.807) is 0 Å². The second kappa shape index (κ2) is 5.54. The molecule has 1 heterocycles. The van der Waals surface area contributed by atoms with Gasteiger partial charge in [0.2, 0.25) is 0 Å². The Hall–Kier alpha value is -1.02. The van der Waals surface area contributed by atoms with Crippen molar-refractivity contribution >= 4 is 22.6 Å². The lowest BCUT2D eigenvalue weighted by molar-refractivity contribution is 0.455. The van der Waals surface area contributed by atoms with Crippen molar-refractivity contribution in [2.24, 2.45) is 5.92 Å². The van der Waals surface area contributed by atoms with Crippen LogP contribution in [0.15, 0.2) is 18.2 Å². The average molecular weight is 277 g/mol. The van der Waals surface area contributed by atoms with E-state index in [0.29, 0.717) is 5.88 Å². The van der Waals surface area contributed by atoms with Gasteiger partial charge in [-0.05, 0) is 43.4 Å². The number of aryl methyl sites for hydroxylation is 2. The van der Waals surface area contributed by atoms with Crippen LogP contribution in [0.2, 0.25) is 0 Å². The fourth-order valence-electron chi connectivity index (χ4n) is 3.21. The van der Waals surface area contributed by atoms with Gasteiger partial charge in [0, 0.05) is 18.8 Å². The number of aromatic nitrogens is 2. The maximum Gasteiger partial charge on any atom is 0.111 e. The molecule has 0 amide bonds. The average Bonchev–Trinajstić information content (AvgIpc) is 3.00. The van der Waals surface area contributed by atoms with Crippen LogP contribution in [0.25, 0.3) is 11.0 Å². The number of nitrogens with zero attached hydrogens (tertiary/aromatic N) is 2. The normalized spacial score (nSPS) is 16.5. The molecule has 0 spiro atoms. The van der Waals surface area contributed by atoms with Crippen LogP contribution in [0.5, 0.6) is 0 Å². The minimum atomic E-state index is 0.646. The number of alkyl halides is 1. The largest absolute Gasteiger partial charge is 0.328 e. The Labute approximate surface area is 119 Å². The molecule has 102 valence electrons. The van der Waals surface area contributed by atoms with Gasteiger partial charge in [-0.25, -0.2) is 4.98 Å². The Morgan fingerprint density at radius 2 is 2.11 bits per heavy atom. The molecule has 3 heteroatoms. The molecule has 1 aliphatic carbocycles. The zero-order valence-electron chi connectivity index (χ0n) is 11.5. The predicted octanol–water partition coefficient (Wildman–Crippen LogP) is 4.32. The van der Waals surface area contributed by atoms with Gasteiger partial charge in [-0.15, -0.1) is 11.6 Å². The molecule has 0 radical (unpaired) electrons. The lowest BCUT2D eigenvalue weighted by atomic mass is 10.1. The minimum absolute atomic E-state index is 0.646. The van der Waals surface area contributed by atoms with Gasteiger partial charge in [0.15, 0.2) is 0 Å². The van der Waals surface area contributed by atoms with E-state index >= 15 is 0 Å². The monoisotopic (exact) mass is 276 g/mol. The summed E-state index contributed by atoms with van der Waals surface area (Å²) < 4.78 is 2.42. The molecule has 0 atom stereocenters. The van der Waals surface area contributed by atoms with Gasteiger partial charge in [0.1, 0.15) is 5.82 Å². The van der Waals surface area contributed by atoms with Crippen LogP contribution in [0.3, 0.4) is 0 Å². The van der Waals surface area contributed by atoms with E-state index in [1.165, 1.54) is 36.8 Å². The number of benzene rings is 1. The Morgan fingerprint density at radius 3 is 2.84 bits per heavy atom. The van der Waals surface area contributed by atoms with Crippen LogP contribution >= 0.6 is 11.6 Å². The van der Waals surface area contributed by atoms with Gasteiger partial charge in [-0.1, -0.05) is 18.9 Å². The maximum atomic E-state index is 5.93. The number of halogens is 1. The van der Waals surface area contributed by atoms with Crippen LogP contribution in [0, 0.1) is 12.8 Å². The van der Waals surface area contributed by atoms with Crippen molar-refractivity contribution in [3.8, 4) is 0 Å². The Balaban J connectivity index is 2.01. The highest BCUT2D eigenvalue weighted by molar-refractivity contribution is 6.17. The van der Waals surface area contributed by atoms with Gasteiger partial charge in [0.05, 0.1) is 11.0 Å². The third kappa shape index (κ3) is 2.64. The number of hydrogen-bond acceptors (Lipinski definition) is 1. The molecule has 2 aromatic rings. The Bertz CT molecular complexity index is 567. The first-order valence-electron chi connectivity index (χ1n) is 7.29. The lowest BCUT2D eigenvalue weighted by Gasteiger charge is -2.14. The van der Waals surface area contributed by atoms with E-state index < -0.39 is 0 Å². The summed E-state index contributed by atoms with van der Waals surface area (Å²) in [7, 11) is 0. The van der Waals surface area contributed by atoms with Crippen LogP contribution in [-0.2, 0) is 13.0 Å². The topological polar surface area (TPSA) is 17.8 Å². The maximum absolute atomic E-state index is 5.93. The lowest BCUT2D eigenvalue weighted by Crippen LogP contribution is -2.11. The van der Waals surface area contributed by atoms with Gasteiger partial charge in [-0.2, -0.15) is 0 Å². The second-order valence-corrected chi connectivity index (χ2v) is 6.10. The Morgan fingerprint density at radius 1 is 1.32 bits per heavy atom. The SMILES string of the molecule is Cc1ccc2nc(CCCl)n(CC3CCCC3)c2c1. The molecule has 0 bridgehead atoms. The van der Waals surface area contributed by atoms with Crippen molar-refractivity contribution in [2.45, 2.75) is 45.6 Å². The molecule has 1 aliphatic rings. The van der Waals surface area contributed by atoms with Crippen molar-refractivity contribution in [3.05, 3.63) is 29.6 Å². The van der Waals surface area contributed by atoms with Crippen LogP contribution in [0.1, 0.15) is 37.1 Å². The first-order chi connectivity index (χ1) is 9.28. The van der Waals surface area contributed by atoms with E-state index in [4.69, 9.17) is 16.6 Å². The van der Waals surface area contributed by atoms with Crippen molar-refractivity contribution in [1.29, 1.82) is 0 Å². The summed E-state index contributed by atoms with van der Waals surface area (Å²) in [6, 6.07) is 6.53. The van der Waals surface area contributed by atoms with Crippen LogP contribution < -0.4 is 0 Å². The molecular weight excluding hydrogens is 256 g/mol. The van der Waals surface area contributed by atoms with Crippen molar-refractivity contribution in [2.75, 3.05) is 5.88 Å². The quantitative estimate of drug-likeness (QED) is 0.761. The summed E-state index contributed by atoms with van der Waals surface area (Å²) in [5.41, 5.74) is 3.70. The van der Waals surface area contributed by atoms with Crippen molar-refractivity contribution in [3.63, 3.8) is 0 Å². The molecule has 1 aromatic carbocycles. The molecule has 1 fully saturated rings. The van der Waals surface area contributed by atoms with E-state index in [2.05, 4.69) is 29.7 Å². The number of rotatable bonds is 4.